The number of halogens is 1. The molecule has 0 spiro atoms. The first-order valence-electron chi connectivity index (χ1n) is 6.95. The van der Waals surface area contributed by atoms with E-state index in [0.29, 0.717) is 31.0 Å². The van der Waals surface area contributed by atoms with E-state index in [1.165, 1.54) is 0 Å². The van der Waals surface area contributed by atoms with Crippen LogP contribution in [0.4, 0.5) is 0 Å². The van der Waals surface area contributed by atoms with Crippen LogP contribution < -0.4 is 0 Å². The molecule has 0 unspecified atom stereocenters. The van der Waals surface area contributed by atoms with E-state index in [1.54, 1.807) is 0 Å². The molecule has 0 atom stereocenters. The van der Waals surface area contributed by atoms with Crippen molar-refractivity contribution in [2.45, 2.75) is 31.3 Å². The number of nitrogens with one attached hydrogen (secondary N) is 1. The molecule has 21 heavy (non-hydrogen) atoms. The number of fused-ring (bicyclic) bond motifs is 1. The Balaban J connectivity index is 1.64. The summed E-state index contributed by atoms with van der Waals surface area (Å²) >= 11 is 3.49. The molecule has 0 radical (unpaired) electrons. The third-order valence-electron chi connectivity index (χ3n) is 4.12. The van der Waals surface area contributed by atoms with Crippen LogP contribution in [0, 0.1) is 0 Å². The van der Waals surface area contributed by atoms with Gasteiger partial charge in [-0.3, -0.25) is 0 Å². The lowest BCUT2D eigenvalue weighted by Crippen LogP contribution is -2.33. The fourth-order valence-corrected chi connectivity index (χ4v) is 3.07. The topological polar surface area (TPSA) is 74.9 Å². The number of aromatic nitrogens is 3. The fraction of sp³-hybridized carbons (Fsp3) is 0.333. The second kappa shape index (κ2) is 4.68. The van der Waals surface area contributed by atoms with Crippen molar-refractivity contribution in [3.05, 3.63) is 46.1 Å². The van der Waals surface area contributed by atoms with Crippen LogP contribution in [-0.2, 0) is 12.0 Å². The summed E-state index contributed by atoms with van der Waals surface area (Å²) in [5.74, 6) is 0.955. The molecule has 6 heteroatoms. The molecule has 2 aromatic heterocycles. The van der Waals surface area contributed by atoms with Crippen LogP contribution in [0.25, 0.3) is 10.9 Å². The third-order valence-corrected chi connectivity index (χ3v) is 4.62. The minimum absolute atomic E-state index is 0.352. The molecule has 1 aromatic carbocycles. The predicted octanol–water partition coefficient (Wildman–Crippen LogP) is 3.28. The first-order valence-corrected chi connectivity index (χ1v) is 7.74. The number of hydrogen-bond donors (Lipinski definition) is 2. The lowest BCUT2D eigenvalue weighted by atomic mass is 9.80. The van der Waals surface area contributed by atoms with Gasteiger partial charge < -0.3 is 14.6 Å². The van der Waals surface area contributed by atoms with E-state index in [4.69, 9.17) is 4.52 Å². The zero-order valence-corrected chi connectivity index (χ0v) is 12.9. The molecule has 0 bridgehead atoms. The van der Waals surface area contributed by atoms with Crippen LogP contribution in [0.15, 0.2) is 33.4 Å². The second-order valence-electron chi connectivity index (χ2n) is 5.58. The van der Waals surface area contributed by atoms with Gasteiger partial charge in [0.15, 0.2) is 5.82 Å². The van der Waals surface area contributed by atoms with E-state index in [1.807, 2.05) is 18.3 Å². The van der Waals surface area contributed by atoms with Crippen molar-refractivity contribution in [3.63, 3.8) is 0 Å². The Morgan fingerprint density at radius 1 is 1.38 bits per heavy atom. The Morgan fingerprint density at radius 3 is 3.00 bits per heavy atom. The molecule has 3 aromatic rings. The van der Waals surface area contributed by atoms with Crippen molar-refractivity contribution < 1.29 is 9.63 Å². The lowest BCUT2D eigenvalue weighted by molar-refractivity contribution is -0.0646. The highest BCUT2D eigenvalue weighted by Gasteiger charge is 2.41. The fourth-order valence-electron chi connectivity index (χ4n) is 2.71. The summed E-state index contributed by atoms with van der Waals surface area (Å²) in [6.07, 6.45) is 4.95. The van der Waals surface area contributed by atoms with E-state index < -0.39 is 5.60 Å². The molecule has 1 saturated carbocycles. The predicted molar refractivity (Wildman–Crippen MR) is 80.9 cm³/mol. The van der Waals surface area contributed by atoms with Gasteiger partial charge in [-0.05, 0) is 43.0 Å². The van der Waals surface area contributed by atoms with Gasteiger partial charge in [0.05, 0.1) is 0 Å². The highest BCUT2D eigenvalue weighted by molar-refractivity contribution is 9.10. The Bertz CT molecular complexity index is 804. The van der Waals surface area contributed by atoms with Gasteiger partial charge in [-0.25, -0.2) is 0 Å². The summed E-state index contributed by atoms with van der Waals surface area (Å²) < 4.78 is 6.26. The largest absolute Gasteiger partial charge is 0.380 e. The highest BCUT2D eigenvalue weighted by Crippen LogP contribution is 2.40. The smallest absolute Gasteiger partial charge is 0.258 e. The van der Waals surface area contributed by atoms with Crippen LogP contribution in [-0.4, -0.2) is 20.2 Å². The molecule has 2 N–H and O–H groups in total. The van der Waals surface area contributed by atoms with Crippen molar-refractivity contribution >= 4 is 26.8 Å². The van der Waals surface area contributed by atoms with E-state index in [9.17, 15) is 5.11 Å². The van der Waals surface area contributed by atoms with Gasteiger partial charge in [0.1, 0.15) is 5.60 Å². The van der Waals surface area contributed by atoms with Crippen LogP contribution in [0.1, 0.15) is 36.5 Å². The Morgan fingerprint density at radius 2 is 2.24 bits per heavy atom. The molecule has 4 rings (SSSR count). The monoisotopic (exact) mass is 347 g/mol. The van der Waals surface area contributed by atoms with Crippen molar-refractivity contribution in [2.75, 3.05) is 0 Å². The van der Waals surface area contributed by atoms with E-state index in [0.717, 1.165) is 27.4 Å². The van der Waals surface area contributed by atoms with Gasteiger partial charge >= 0.3 is 0 Å². The summed E-state index contributed by atoms with van der Waals surface area (Å²) in [6.45, 7) is 0. The quantitative estimate of drug-likeness (QED) is 0.762. The molecule has 1 fully saturated rings. The molecule has 5 nitrogen and oxygen atoms in total. The van der Waals surface area contributed by atoms with Gasteiger partial charge in [-0.15, -0.1) is 0 Å². The van der Waals surface area contributed by atoms with Crippen LogP contribution in [0.3, 0.4) is 0 Å². The molecule has 0 aliphatic heterocycles. The summed E-state index contributed by atoms with van der Waals surface area (Å²) in [5, 5.41) is 15.4. The maximum atomic E-state index is 10.2. The first-order chi connectivity index (χ1) is 10.1. The SMILES string of the molecule is OC1(c2nc(Cc3c[nH]c4ccc(Br)cc34)no2)CCC1. The standard InChI is InChI=1S/C15H14BrN3O2/c16-10-2-3-12-11(7-10)9(8-17-12)6-13-18-14(21-19-13)15(20)4-1-5-15/h2-3,7-8,17,20H,1,4-6H2. The molecule has 2 heterocycles. The molecular formula is C15H14BrN3O2. The third kappa shape index (κ3) is 2.18. The van der Waals surface area contributed by atoms with Gasteiger partial charge in [0.2, 0.25) is 0 Å². The number of nitrogens with zero attached hydrogens (tertiary/aromatic N) is 2. The molecule has 108 valence electrons. The summed E-state index contributed by atoms with van der Waals surface area (Å²) in [7, 11) is 0. The van der Waals surface area contributed by atoms with E-state index >= 15 is 0 Å². The Labute approximate surface area is 129 Å². The number of hydrogen-bond acceptors (Lipinski definition) is 4. The minimum Gasteiger partial charge on any atom is -0.380 e. The molecule has 1 aliphatic rings. The van der Waals surface area contributed by atoms with Crippen molar-refractivity contribution in [1.82, 2.24) is 15.1 Å². The number of aromatic amines is 1. The van der Waals surface area contributed by atoms with Gasteiger partial charge in [0.25, 0.3) is 5.89 Å². The van der Waals surface area contributed by atoms with E-state index in [-0.39, 0.29) is 0 Å². The van der Waals surface area contributed by atoms with Gasteiger partial charge in [0, 0.05) is 28.0 Å². The summed E-state index contributed by atoms with van der Waals surface area (Å²) in [6, 6.07) is 6.10. The molecule has 0 saturated heterocycles. The number of rotatable bonds is 3. The van der Waals surface area contributed by atoms with E-state index in [2.05, 4.69) is 37.1 Å². The highest BCUT2D eigenvalue weighted by atomic mass is 79.9. The Hall–Kier alpha value is -1.66. The molecule has 0 amide bonds. The van der Waals surface area contributed by atoms with Crippen LogP contribution in [0.5, 0.6) is 0 Å². The second-order valence-corrected chi connectivity index (χ2v) is 6.50. The number of aliphatic hydroxyl groups is 1. The maximum Gasteiger partial charge on any atom is 0.258 e. The molecular weight excluding hydrogens is 334 g/mol. The average molecular weight is 348 g/mol. The molecule has 1 aliphatic carbocycles. The zero-order valence-electron chi connectivity index (χ0n) is 11.3. The number of benzene rings is 1. The van der Waals surface area contributed by atoms with Crippen molar-refractivity contribution in [2.24, 2.45) is 0 Å². The number of H-pyrrole nitrogens is 1. The maximum absolute atomic E-state index is 10.2. The van der Waals surface area contributed by atoms with Crippen molar-refractivity contribution in [1.29, 1.82) is 0 Å². The summed E-state index contributed by atoms with van der Waals surface area (Å²) in [5.41, 5.74) is 1.29. The normalized spacial score (nSPS) is 17.0. The van der Waals surface area contributed by atoms with Gasteiger partial charge in [-0.2, -0.15) is 4.98 Å². The summed E-state index contributed by atoms with van der Waals surface area (Å²) in [4.78, 5) is 7.59. The first kappa shape index (κ1) is 13.0. The van der Waals surface area contributed by atoms with Crippen LogP contribution >= 0.6 is 15.9 Å². The minimum atomic E-state index is -0.894. The Kier molecular flexibility index (Phi) is 2.90. The average Bonchev–Trinajstić information content (AvgIpc) is 3.05. The van der Waals surface area contributed by atoms with Crippen LogP contribution in [0.2, 0.25) is 0 Å². The lowest BCUT2D eigenvalue weighted by Gasteiger charge is -2.32. The van der Waals surface area contributed by atoms with Gasteiger partial charge in [-0.1, -0.05) is 21.1 Å². The zero-order chi connectivity index (χ0) is 14.4. The van der Waals surface area contributed by atoms with Crippen molar-refractivity contribution in [3.8, 4) is 0 Å².